The largest absolute Gasteiger partial charge is 0.302 e. The Morgan fingerprint density at radius 3 is 2.86 bits per heavy atom. The molecule has 5 heteroatoms. The third-order valence-corrected chi connectivity index (χ3v) is 3.64. The number of hydrogen-bond acceptors (Lipinski definition) is 3. The molecule has 0 spiro atoms. The Morgan fingerprint density at radius 1 is 1.10 bits per heavy atom. The van der Waals surface area contributed by atoms with Crippen molar-refractivity contribution >= 4 is 11.6 Å². The fourth-order valence-corrected chi connectivity index (χ4v) is 2.59. The number of aromatic nitrogens is 3. The molecule has 0 atom stereocenters. The molecule has 0 radical (unpaired) electrons. The van der Waals surface area contributed by atoms with E-state index in [1.165, 1.54) is 0 Å². The van der Waals surface area contributed by atoms with Crippen molar-refractivity contribution < 1.29 is 4.79 Å². The van der Waals surface area contributed by atoms with Crippen LogP contribution in [0.3, 0.4) is 0 Å². The maximum absolute atomic E-state index is 12.5. The highest BCUT2D eigenvalue weighted by atomic mass is 16.2. The first-order chi connectivity index (χ1) is 10.3. The summed E-state index contributed by atoms with van der Waals surface area (Å²) in [6.45, 7) is 0.515. The van der Waals surface area contributed by atoms with Crippen molar-refractivity contribution in [2.75, 3.05) is 4.90 Å². The molecule has 3 aromatic rings. The smallest absolute Gasteiger partial charge is 0.260 e. The fourth-order valence-electron chi connectivity index (χ4n) is 2.59. The molecule has 0 aliphatic carbocycles. The summed E-state index contributed by atoms with van der Waals surface area (Å²) in [7, 11) is 0. The average molecular weight is 276 g/mol. The van der Waals surface area contributed by atoms with Gasteiger partial charge in [0, 0.05) is 23.6 Å². The molecule has 1 aliphatic heterocycles. The number of nitrogens with zero attached hydrogens (tertiary/aromatic N) is 3. The molecule has 21 heavy (non-hydrogen) atoms. The molecule has 3 heterocycles. The molecule has 2 aromatic heterocycles. The quantitative estimate of drug-likeness (QED) is 0.782. The molecule has 0 unspecified atom stereocenters. The van der Waals surface area contributed by atoms with Crippen molar-refractivity contribution in [2.24, 2.45) is 0 Å². The Kier molecular flexibility index (Phi) is 2.57. The summed E-state index contributed by atoms with van der Waals surface area (Å²) in [5.41, 5.74) is 4.31. The van der Waals surface area contributed by atoms with Crippen molar-refractivity contribution in [1.29, 1.82) is 0 Å². The first-order valence-corrected chi connectivity index (χ1v) is 6.68. The fraction of sp³-hybridized carbons (Fsp3) is 0.0625. The first-order valence-electron chi connectivity index (χ1n) is 6.68. The minimum atomic E-state index is -0.000129. The van der Waals surface area contributed by atoms with Crippen LogP contribution < -0.4 is 4.90 Å². The van der Waals surface area contributed by atoms with E-state index < -0.39 is 0 Å². The van der Waals surface area contributed by atoms with E-state index in [1.807, 2.05) is 36.4 Å². The highest BCUT2D eigenvalue weighted by molar-refractivity contribution is 6.09. The van der Waals surface area contributed by atoms with Gasteiger partial charge in [-0.25, -0.2) is 0 Å². The lowest BCUT2D eigenvalue weighted by Crippen LogP contribution is -2.22. The van der Waals surface area contributed by atoms with Crippen molar-refractivity contribution in [3.8, 4) is 11.3 Å². The normalized spacial score (nSPS) is 13.5. The van der Waals surface area contributed by atoms with Crippen LogP contribution in [-0.2, 0) is 6.54 Å². The molecule has 102 valence electrons. The van der Waals surface area contributed by atoms with Gasteiger partial charge < -0.3 is 4.90 Å². The maximum Gasteiger partial charge on any atom is 0.260 e. The second kappa shape index (κ2) is 4.56. The Hall–Kier alpha value is -2.95. The topological polar surface area (TPSA) is 61.9 Å². The number of hydrogen-bond donors (Lipinski definition) is 1. The summed E-state index contributed by atoms with van der Waals surface area (Å²) in [6, 6.07) is 13.4. The van der Waals surface area contributed by atoms with Gasteiger partial charge in [-0.1, -0.05) is 12.1 Å². The predicted octanol–water partition coefficient (Wildman–Crippen LogP) is 2.63. The van der Waals surface area contributed by atoms with Gasteiger partial charge in [-0.3, -0.25) is 14.9 Å². The summed E-state index contributed by atoms with van der Waals surface area (Å²) in [6.07, 6.45) is 3.43. The number of rotatable bonds is 2. The number of pyridine rings is 1. The second-order valence-corrected chi connectivity index (χ2v) is 4.91. The summed E-state index contributed by atoms with van der Waals surface area (Å²) < 4.78 is 0. The molecule has 0 saturated heterocycles. The third kappa shape index (κ3) is 1.90. The lowest BCUT2D eigenvalue weighted by molar-refractivity contribution is 0.0996. The number of fused-ring (bicyclic) bond motifs is 1. The minimum Gasteiger partial charge on any atom is -0.302 e. The number of nitrogens with one attached hydrogen (secondary N) is 1. The molecule has 5 nitrogen and oxygen atoms in total. The van der Waals surface area contributed by atoms with Crippen LogP contribution in [0.4, 0.5) is 5.69 Å². The maximum atomic E-state index is 12.5. The van der Waals surface area contributed by atoms with Crippen LogP contribution in [0.2, 0.25) is 0 Å². The van der Waals surface area contributed by atoms with Crippen molar-refractivity contribution in [1.82, 2.24) is 15.2 Å². The van der Waals surface area contributed by atoms with Crippen molar-refractivity contribution in [3.63, 3.8) is 0 Å². The van der Waals surface area contributed by atoms with E-state index in [9.17, 15) is 4.79 Å². The lowest BCUT2D eigenvalue weighted by atomic mass is 10.1. The van der Waals surface area contributed by atoms with Gasteiger partial charge in [0.1, 0.15) is 0 Å². The van der Waals surface area contributed by atoms with E-state index in [4.69, 9.17) is 0 Å². The summed E-state index contributed by atoms with van der Waals surface area (Å²) in [5, 5.41) is 6.89. The number of carbonyl (C=O) groups is 1. The second-order valence-electron chi connectivity index (χ2n) is 4.91. The van der Waals surface area contributed by atoms with Crippen LogP contribution in [0.5, 0.6) is 0 Å². The number of benzene rings is 1. The van der Waals surface area contributed by atoms with E-state index in [0.29, 0.717) is 12.1 Å². The van der Waals surface area contributed by atoms with E-state index in [2.05, 4.69) is 15.2 Å². The highest BCUT2D eigenvalue weighted by Gasteiger charge is 2.29. The zero-order chi connectivity index (χ0) is 14.2. The van der Waals surface area contributed by atoms with Crippen LogP contribution in [0.1, 0.15) is 16.1 Å². The molecule has 1 amide bonds. The number of carbonyl (C=O) groups excluding carboxylic acids is 1. The molecular weight excluding hydrogens is 264 g/mol. The van der Waals surface area contributed by atoms with Crippen molar-refractivity contribution in [3.05, 3.63) is 66.1 Å². The van der Waals surface area contributed by atoms with Crippen LogP contribution in [-0.4, -0.2) is 21.1 Å². The Balaban J connectivity index is 1.73. The molecule has 0 saturated carbocycles. The average Bonchev–Trinajstić information content (AvgIpc) is 3.16. The molecule has 0 fully saturated rings. The summed E-state index contributed by atoms with van der Waals surface area (Å²) in [4.78, 5) is 18.5. The zero-order valence-electron chi connectivity index (χ0n) is 11.2. The lowest BCUT2D eigenvalue weighted by Gasteiger charge is -2.16. The Bertz CT molecular complexity index is 811. The molecular formula is C16H12N4O. The van der Waals surface area contributed by atoms with Gasteiger partial charge in [0.15, 0.2) is 0 Å². The number of anilines is 1. The minimum absolute atomic E-state index is 0.000129. The summed E-state index contributed by atoms with van der Waals surface area (Å²) in [5.74, 6) is -0.000129. The Morgan fingerprint density at radius 2 is 2.05 bits per heavy atom. The van der Waals surface area contributed by atoms with Crippen LogP contribution in [0.15, 0.2) is 54.9 Å². The van der Waals surface area contributed by atoms with Crippen molar-refractivity contribution in [2.45, 2.75) is 6.54 Å². The van der Waals surface area contributed by atoms with Gasteiger partial charge in [0.05, 0.1) is 23.5 Å². The van der Waals surface area contributed by atoms with Gasteiger partial charge in [0.25, 0.3) is 5.91 Å². The van der Waals surface area contributed by atoms with E-state index in [0.717, 1.165) is 22.6 Å². The van der Waals surface area contributed by atoms with E-state index >= 15 is 0 Å². The van der Waals surface area contributed by atoms with E-state index in [-0.39, 0.29) is 5.91 Å². The number of amides is 1. The van der Waals surface area contributed by atoms with Crippen LogP contribution >= 0.6 is 0 Å². The molecule has 0 bridgehead atoms. The predicted molar refractivity (Wildman–Crippen MR) is 78.8 cm³/mol. The van der Waals surface area contributed by atoms with Gasteiger partial charge in [0.2, 0.25) is 0 Å². The molecule has 1 N–H and O–H groups in total. The standard InChI is InChI=1S/C16H12N4O/c21-16-13-5-2-7-17-15(13)10-20(16)12-4-1-3-11(9-12)14-6-8-18-19-14/h1-9H,10H2,(H,18,19). The molecule has 4 rings (SSSR count). The number of aromatic amines is 1. The zero-order valence-corrected chi connectivity index (χ0v) is 11.2. The van der Waals surface area contributed by atoms with Crippen LogP contribution in [0.25, 0.3) is 11.3 Å². The van der Waals surface area contributed by atoms with E-state index in [1.54, 1.807) is 23.4 Å². The number of H-pyrrole nitrogens is 1. The van der Waals surface area contributed by atoms with Gasteiger partial charge in [-0.05, 0) is 30.3 Å². The highest BCUT2D eigenvalue weighted by Crippen LogP contribution is 2.29. The summed E-state index contributed by atoms with van der Waals surface area (Å²) >= 11 is 0. The molecule has 1 aliphatic rings. The SMILES string of the molecule is O=C1c2cccnc2CN1c1cccc(-c2ccn[nH]2)c1. The van der Waals surface area contributed by atoms with Gasteiger partial charge >= 0.3 is 0 Å². The third-order valence-electron chi connectivity index (χ3n) is 3.64. The first kappa shape index (κ1) is 11.8. The van der Waals surface area contributed by atoms with Gasteiger partial charge in [-0.2, -0.15) is 5.10 Å². The van der Waals surface area contributed by atoms with Gasteiger partial charge in [-0.15, -0.1) is 0 Å². The van der Waals surface area contributed by atoms with Crippen LogP contribution in [0, 0.1) is 0 Å². The molecule has 1 aromatic carbocycles. The Labute approximate surface area is 121 Å². The monoisotopic (exact) mass is 276 g/mol.